The van der Waals surface area contributed by atoms with Crippen LogP contribution in [0.2, 0.25) is 0 Å². The van der Waals surface area contributed by atoms with Gasteiger partial charge in [-0.2, -0.15) is 5.10 Å². The number of nitrogens with zero attached hydrogens (tertiary/aromatic N) is 2. The number of aryl methyl sites for hydroxylation is 2. The number of rotatable bonds is 7. The molecule has 0 atom stereocenters. The molecule has 136 valence electrons. The summed E-state index contributed by atoms with van der Waals surface area (Å²) in [5, 5.41) is 15.4. The maximum atomic E-state index is 12.7. The van der Waals surface area contributed by atoms with Crippen LogP contribution in [0, 0.1) is 0 Å². The van der Waals surface area contributed by atoms with E-state index in [1.165, 1.54) is 4.90 Å². The molecule has 1 aliphatic heterocycles. The number of piperazine rings is 1. The Morgan fingerprint density at radius 3 is 2.36 bits per heavy atom. The molecular formula is C19H30N4O2+2. The minimum atomic E-state index is 0.0278. The molecule has 6 nitrogen and oxygen atoms in total. The number of fused-ring (bicyclic) bond motifs is 1. The van der Waals surface area contributed by atoms with Crippen molar-refractivity contribution in [2.45, 2.75) is 26.3 Å². The fourth-order valence-electron chi connectivity index (χ4n) is 3.81. The van der Waals surface area contributed by atoms with Gasteiger partial charge in [0.05, 0.1) is 30.8 Å². The van der Waals surface area contributed by atoms with Crippen molar-refractivity contribution < 1.29 is 14.9 Å². The zero-order valence-corrected chi connectivity index (χ0v) is 15.1. The maximum Gasteiger partial charge on any atom is 0.274 e. The number of aromatic nitrogens is 2. The molecule has 25 heavy (non-hydrogen) atoms. The molecule has 1 aromatic carbocycles. The van der Waals surface area contributed by atoms with Crippen LogP contribution in [0.5, 0.6) is 0 Å². The van der Waals surface area contributed by atoms with E-state index in [0.29, 0.717) is 6.54 Å². The largest absolute Gasteiger partial charge is 0.391 e. The minimum Gasteiger partial charge on any atom is -0.391 e. The van der Waals surface area contributed by atoms with Gasteiger partial charge >= 0.3 is 0 Å². The van der Waals surface area contributed by atoms with Crippen molar-refractivity contribution >= 4 is 10.8 Å². The smallest absolute Gasteiger partial charge is 0.274 e. The Kier molecular flexibility index (Phi) is 6.18. The van der Waals surface area contributed by atoms with Crippen LogP contribution in [0.1, 0.15) is 19.0 Å². The Hall–Kier alpha value is -1.76. The lowest BCUT2D eigenvalue weighted by Crippen LogP contribution is -3.28. The van der Waals surface area contributed by atoms with E-state index in [9.17, 15) is 4.79 Å². The molecule has 6 heteroatoms. The van der Waals surface area contributed by atoms with Gasteiger partial charge in [0.25, 0.3) is 5.56 Å². The molecule has 0 spiro atoms. The maximum absolute atomic E-state index is 12.7. The first-order valence-electron chi connectivity index (χ1n) is 9.49. The summed E-state index contributed by atoms with van der Waals surface area (Å²) in [7, 11) is 0. The quantitative estimate of drug-likeness (QED) is 0.550. The first-order chi connectivity index (χ1) is 12.2. The highest BCUT2D eigenvalue weighted by Crippen LogP contribution is 2.13. The van der Waals surface area contributed by atoms with Crippen molar-refractivity contribution in [3.05, 3.63) is 40.3 Å². The zero-order valence-electron chi connectivity index (χ0n) is 15.1. The van der Waals surface area contributed by atoms with E-state index in [4.69, 9.17) is 5.11 Å². The molecule has 0 amide bonds. The Bertz CT molecular complexity index is 751. The second-order valence-corrected chi connectivity index (χ2v) is 6.95. The second kappa shape index (κ2) is 8.56. The summed E-state index contributed by atoms with van der Waals surface area (Å²) in [5.41, 5.74) is 1.03. The number of nitrogens with one attached hydrogen (secondary N) is 2. The average molecular weight is 346 g/mol. The molecular weight excluding hydrogens is 316 g/mol. The Labute approximate surface area is 148 Å². The molecule has 2 heterocycles. The minimum absolute atomic E-state index is 0.0278. The lowest BCUT2D eigenvalue weighted by molar-refractivity contribution is -1.01. The summed E-state index contributed by atoms with van der Waals surface area (Å²) in [6.45, 7) is 9.55. The molecule has 3 N–H and O–H groups in total. The second-order valence-electron chi connectivity index (χ2n) is 6.95. The first-order valence-corrected chi connectivity index (χ1v) is 9.49. The number of aliphatic hydroxyl groups is 1. The van der Waals surface area contributed by atoms with Gasteiger partial charge in [-0.25, -0.2) is 4.68 Å². The highest BCUT2D eigenvalue weighted by molar-refractivity contribution is 5.83. The summed E-state index contributed by atoms with van der Waals surface area (Å²) >= 11 is 0. The van der Waals surface area contributed by atoms with Crippen LogP contribution >= 0.6 is 0 Å². The van der Waals surface area contributed by atoms with E-state index in [0.717, 1.165) is 68.6 Å². The van der Waals surface area contributed by atoms with Gasteiger partial charge in [-0.05, 0) is 12.5 Å². The number of quaternary nitrogens is 2. The Balaban J connectivity index is 1.60. The monoisotopic (exact) mass is 346 g/mol. The van der Waals surface area contributed by atoms with Crippen molar-refractivity contribution in [1.82, 2.24) is 9.78 Å². The van der Waals surface area contributed by atoms with E-state index in [1.807, 2.05) is 24.3 Å². The topological polar surface area (TPSA) is 64.0 Å². The van der Waals surface area contributed by atoms with Crippen molar-refractivity contribution in [1.29, 1.82) is 0 Å². The van der Waals surface area contributed by atoms with Crippen LogP contribution in [0.25, 0.3) is 10.8 Å². The fourth-order valence-corrected chi connectivity index (χ4v) is 3.81. The van der Waals surface area contributed by atoms with Gasteiger partial charge in [0.2, 0.25) is 0 Å². The molecule has 0 saturated carbocycles. The van der Waals surface area contributed by atoms with Gasteiger partial charge in [-0.15, -0.1) is 0 Å². The van der Waals surface area contributed by atoms with E-state index in [-0.39, 0.29) is 12.2 Å². The molecule has 1 aromatic heterocycles. The third kappa shape index (κ3) is 4.26. The molecule has 0 aliphatic carbocycles. The molecule has 1 aliphatic rings. The van der Waals surface area contributed by atoms with Gasteiger partial charge in [0.1, 0.15) is 32.7 Å². The van der Waals surface area contributed by atoms with Crippen LogP contribution in [-0.4, -0.2) is 60.8 Å². The van der Waals surface area contributed by atoms with Crippen LogP contribution in [-0.2, 0) is 13.0 Å². The van der Waals surface area contributed by atoms with Crippen LogP contribution in [0.15, 0.2) is 29.1 Å². The van der Waals surface area contributed by atoms with Crippen LogP contribution < -0.4 is 15.4 Å². The first kappa shape index (κ1) is 18.0. The number of hydrogen-bond acceptors (Lipinski definition) is 3. The van der Waals surface area contributed by atoms with Crippen LogP contribution in [0.3, 0.4) is 0 Å². The SMILES string of the molecule is CCc1nn(CCC[NH+]2CC[NH+](CCO)CC2)c(=O)c2ccccc12. The highest BCUT2D eigenvalue weighted by Gasteiger charge is 2.21. The van der Waals surface area contributed by atoms with Gasteiger partial charge in [-0.1, -0.05) is 25.1 Å². The molecule has 0 bridgehead atoms. The van der Waals surface area contributed by atoms with Crippen molar-refractivity contribution in [2.24, 2.45) is 0 Å². The average Bonchev–Trinajstić information content (AvgIpc) is 2.65. The molecule has 0 radical (unpaired) electrons. The third-order valence-corrected chi connectivity index (χ3v) is 5.31. The molecule has 3 rings (SSSR count). The van der Waals surface area contributed by atoms with Gasteiger partial charge in [-0.3, -0.25) is 4.79 Å². The molecule has 1 saturated heterocycles. The van der Waals surface area contributed by atoms with Gasteiger partial charge < -0.3 is 14.9 Å². The van der Waals surface area contributed by atoms with E-state index < -0.39 is 0 Å². The standard InChI is InChI=1S/C19H28N4O2/c1-2-18-16-6-3-4-7-17(16)19(25)23(20-18)9-5-8-21-10-12-22(13-11-21)14-15-24/h3-4,6-7,24H,2,5,8-15H2,1H3/p+2. The third-order valence-electron chi connectivity index (χ3n) is 5.31. The van der Waals surface area contributed by atoms with E-state index in [1.54, 1.807) is 9.58 Å². The fraction of sp³-hybridized carbons (Fsp3) is 0.579. The normalized spacial score (nSPS) is 20.9. The Morgan fingerprint density at radius 1 is 1.08 bits per heavy atom. The summed E-state index contributed by atoms with van der Waals surface area (Å²) < 4.78 is 1.66. The summed E-state index contributed by atoms with van der Waals surface area (Å²) in [4.78, 5) is 15.8. The van der Waals surface area contributed by atoms with Gasteiger partial charge in [0.15, 0.2) is 0 Å². The van der Waals surface area contributed by atoms with E-state index >= 15 is 0 Å². The summed E-state index contributed by atoms with van der Waals surface area (Å²) in [6.07, 6.45) is 1.81. The lowest BCUT2D eigenvalue weighted by atomic mass is 10.1. The highest BCUT2D eigenvalue weighted by atomic mass is 16.3. The predicted octanol–water partition coefficient (Wildman–Crippen LogP) is -1.88. The summed E-state index contributed by atoms with van der Waals surface area (Å²) in [6, 6.07) is 7.79. The van der Waals surface area contributed by atoms with Gasteiger partial charge in [0, 0.05) is 11.8 Å². The predicted molar refractivity (Wildman–Crippen MR) is 98.2 cm³/mol. The van der Waals surface area contributed by atoms with Crippen LogP contribution in [0.4, 0.5) is 0 Å². The zero-order chi connectivity index (χ0) is 17.6. The summed E-state index contributed by atoms with van der Waals surface area (Å²) in [5.74, 6) is 0. The molecule has 2 aromatic rings. The van der Waals surface area contributed by atoms with E-state index in [2.05, 4.69) is 12.0 Å². The van der Waals surface area contributed by atoms with Crippen molar-refractivity contribution in [2.75, 3.05) is 45.9 Å². The number of hydrogen-bond donors (Lipinski definition) is 3. The van der Waals surface area contributed by atoms with Crippen molar-refractivity contribution in [3.8, 4) is 0 Å². The molecule has 1 fully saturated rings. The number of aliphatic hydroxyl groups excluding tert-OH is 1. The molecule has 0 unspecified atom stereocenters. The Morgan fingerprint density at radius 2 is 1.72 bits per heavy atom. The number of benzene rings is 1. The lowest BCUT2D eigenvalue weighted by Gasteiger charge is -2.29. The van der Waals surface area contributed by atoms with Crippen molar-refractivity contribution in [3.63, 3.8) is 0 Å².